The SMILES string of the molecule is CNCc1cc(S(=O)(=O)NCCSC)c(C)s1. The number of nitrogens with one attached hydrogen (secondary N) is 2. The minimum Gasteiger partial charge on any atom is -0.315 e. The molecule has 1 aromatic heterocycles. The van der Waals surface area contributed by atoms with Crippen molar-refractivity contribution in [2.24, 2.45) is 0 Å². The van der Waals surface area contributed by atoms with E-state index in [-0.39, 0.29) is 0 Å². The van der Waals surface area contributed by atoms with Gasteiger partial charge in [0.1, 0.15) is 0 Å². The number of thiophene rings is 1. The molecule has 0 aromatic carbocycles. The van der Waals surface area contributed by atoms with Crippen LogP contribution >= 0.6 is 23.1 Å². The summed E-state index contributed by atoms with van der Waals surface area (Å²) in [6, 6.07) is 1.75. The molecule has 1 aromatic rings. The van der Waals surface area contributed by atoms with Crippen LogP contribution in [0.5, 0.6) is 0 Å². The molecule has 4 nitrogen and oxygen atoms in total. The number of aryl methyl sites for hydroxylation is 1. The van der Waals surface area contributed by atoms with Crippen molar-refractivity contribution < 1.29 is 8.42 Å². The maximum atomic E-state index is 12.0. The predicted octanol–water partition coefficient (Wildman–Crippen LogP) is 1.42. The highest BCUT2D eigenvalue weighted by Crippen LogP contribution is 2.25. The zero-order chi connectivity index (χ0) is 12.9. The van der Waals surface area contributed by atoms with Gasteiger partial charge < -0.3 is 5.32 Å². The van der Waals surface area contributed by atoms with Crippen LogP contribution in [0, 0.1) is 6.92 Å². The average molecular weight is 294 g/mol. The summed E-state index contributed by atoms with van der Waals surface area (Å²) in [7, 11) is -1.49. The number of sulfonamides is 1. The topological polar surface area (TPSA) is 58.2 Å². The van der Waals surface area contributed by atoms with E-state index in [2.05, 4.69) is 10.0 Å². The van der Waals surface area contributed by atoms with E-state index < -0.39 is 10.0 Å². The number of hydrogen-bond acceptors (Lipinski definition) is 5. The van der Waals surface area contributed by atoms with Crippen molar-refractivity contribution in [2.45, 2.75) is 18.4 Å². The van der Waals surface area contributed by atoms with Gasteiger partial charge in [-0.1, -0.05) is 0 Å². The van der Waals surface area contributed by atoms with Crippen molar-refractivity contribution in [3.05, 3.63) is 15.8 Å². The molecule has 2 N–H and O–H groups in total. The Kier molecular flexibility index (Phi) is 5.94. The zero-order valence-corrected chi connectivity index (χ0v) is 12.7. The third kappa shape index (κ3) is 4.26. The van der Waals surface area contributed by atoms with Crippen LogP contribution in [0.15, 0.2) is 11.0 Å². The van der Waals surface area contributed by atoms with Crippen LogP contribution in [0.25, 0.3) is 0 Å². The van der Waals surface area contributed by atoms with Crippen molar-refractivity contribution in [3.63, 3.8) is 0 Å². The molecule has 0 unspecified atom stereocenters. The summed E-state index contributed by atoms with van der Waals surface area (Å²) in [5, 5.41) is 3.02. The first kappa shape index (κ1) is 15.0. The smallest absolute Gasteiger partial charge is 0.241 e. The quantitative estimate of drug-likeness (QED) is 0.747. The van der Waals surface area contributed by atoms with Gasteiger partial charge >= 0.3 is 0 Å². The Bertz CT molecular complexity index is 454. The van der Waals surface area contributed by atoms with Gasteiger partial charge in [0.2, 0.25) is 10.0 Å². The lowest BCUT2D eigenvalue weighted by Gasteiger charge is -2.04. The monoisotopic (exact) mass is 294 g/mol. The molecule has 0 aliphatic rings. The second-order valence-corrected chi connectivity index (χ2v) is 7.62. The summed E-state index contributed by atoms with van der Waals surface area (Å²) < 4.78 is 26.6. The Labute approximate surface area is 111 Å². The Balaban J connectivity index is 2.83. The molecule has 0 aliphatic heterocycles. The van der Waals surface area contributed by atoms with Crippen LogP contribution in [0.2, 0.25) is 0 Å². The molecule has 7 heteroatoms. The summed E-state index contributed by atoms with van der Waals surface area (Å²) >= 11 is 3.14. The lowest BCUT2D eigenvalue weighted by Crippen LogP contribution is -2.26. The van der Waals surface area contributed by atoms with Crippen LogP contribution in [0.3, 0.4) is 0 Å². The second kappa shape index (κ2) is 6.75. The average Bonchev–Trinajstić information content (AvgIpc) is 2.61. The highest BCUT2D eigenvalue weighted by atomic mass is 32.2. The molecule has 0 saturated heterocycles. The first-order chi connectivity index (χ1) is 8.01. The van der Waals surface area contributed by atoms with Gasteiger partial charge in [-0.05, 0) is 26.3 Å². The molecule has 98 valence electrons. The molecular weight excluding hydrogens is 276 g/mol. The highest BCUT2D eigenvalue weighted by Gasteiger charge is 2.18. The molecule has 0 aliphatic carbocycles. The van der Waals surface area contributed by atoms with Crippen LogP contribution < -0.4 is 10.0 Å². The Morgan fingerprint density at radius 1 is 1.47 bits per heavy atom. The molecule has 0 spiro atoms. The first-order valence-electron chi connectivity index (χ1n) is 5.23. The molecule has 0 amide bonds. The maximum absolute atomic E-state index is 12.0. The molecule has 0 radical (unpaired) electrons. The van der Waals surface area contributed by atoms with E-state index in [4.69, 9.17) is 0 Å². The van der Waals surface area contributed by atoms with Crippen LogP contribution in [0.1, 0.15) is 9.75 Å². The van der Waals surface area contributed by atoms with E-state index in [0.717, 1.165) is 15.5 Å². The molecule has 0 bridgehead atoms. The fourth-order valence-corrected chi connectivity index (χ4v) is 4.52. The van der Waals surface area contributed by atoms with Gasteiger partial charge in [0.15, 0.2) is 0 Å². The summed E-state index contributed by atoms with van der Waals surface area (Å²) in [5.41, 5.74) is 0. The predicted molar refractivity (Wildman–Crippen MR) is 75.4 cm³/mol. The van der Waals surface area contributed by atoms with E-state index in [1.165, 1.54) is 11.3 Å². The Morgan fingerprint density at radius 2 is 2.18 bits per heavy atom. The molecule has 0 atom stereocenters. The molecule has 0 saturated carbocycles. The highest BCUT2D eigenvalue weighted by molar-refractivity contribution is 7.98. The van der Waals surface area contributed by atoms with E-state index in [9.17, 15) is 8.42 Å². The van der Waals surface area contributed by atoms with Crippen molar-refractivity contribution in [1.82, 2.24) is 10.0 Å². The fraction of sp³-hybridized carbons (Fsp3) is 0.600. The minimum atomic E-state index is -3.34. The third-order valence-corrected chi connectivity index (χ3v) is 5.54. The maximum Gasteiger partial charge on any atom is 0.241 e. The molecule has 0 fully saturated rings. The van der Waals surface area contributed by atoms with Crippen molar-refractivity contribution in [2.75, 3.05) is 25.6 Å². The van der Waals surface area contributed by atoms with Crippen LogP contribution in [0.4, 0.5) is 0 Å². The van der Waals surface area contributed by atoms with Gasteiger partial charge in [-0.2, -0.15) is 11.8 Å². The summed E-state index contributed by atoms with van der Waals surface area (Å²) in [6.07, 6.45) is 1.95. The van der Waals surface area contributed by atoms with Gasteiger partial charge in [0, 0.05) is 28.6 Å². The van der Waals surface area contributed by atoms with E-state index in [0.29, 0.717) is 18.0 Å². The van der Waals surface area contributed by atoms with Crippen LogP contribution in [-0.2, 0) is 16.6 Å². The number of rotatable bonds is 7. The summed E-state index contributed by atoms with van der Waals surface area (Å²) in [5.74, 6) is 0.784. The zero-order valence-electron chi connectivity index (χ0n) is 10.2. The molecule has 17 heavy (non-hydrogen) atoms. The molecule has 1 heterocycles. The van der Waals surface area contributed by atoms with E-state index in [1.807, 2.05) is 20.2 Å². The van der Waals surface area contributed by atoms with Gasteiger partial charge in [0.25, 0.3) is 0 Å². The Hall–Kier alpha value is -0.0800. The molecular formula is C10H18N2O2S3. The van der Waals surface area contributed by atoms with Gasteiger partial charge in [-0.25, -0.2) is 13.1 Å². The third-order valence-electron chi connectivity index (χ3n) is 2.16. The van der Waals surface area contributed by atoms with Gasteiger partial charge in [0.05, 0.1) is 4.90 Å². The number of hydrogen-bond donors (Lipinski definition) is 2. The first-order valence-corrected chi connectivity index (χ1v) is 8.93. The summed E-state index contributed by atoms with van der Waals surface area (Å²) in [4.78, 5) is 2.29. The lowest BCUT2D eigenvalue weighted by molar-refractivity contribution is 0.584. The fourth-order valence-electron chi connectivity index (χ4n) is 1.41. The Morgan fingerprint density at radius 3 is 2.76 bits per heavy atom. The van der Waals surface area contributed by atoms with Crippen molar-refractivity contribution in [1.29, 1.82) is 0 Å². The van der Waals surface area contributed by atoms with Gasteiger partial charge in [-0.3, -0.25) is 0 Å². The van der Waals surface area contributed by atoms with Gasteiger partial charge in [-0.15, -0.1) is 11.3 Å². The van der Waals surface area contributed by atoms with E-state index >= 15 is 0 Å². The minimum absolute atomic E-state index is 0.411. The molecule has 1 rings (SSSR count). The number of thioether (sulfide) groups is 1. The standard InChI is InChI=1S/C10H18N2O2S3/c1-8-10(6-9(16-8)7-11-2)17(13,14)12-4-5-15-3/h6,11-12H,4-5,7H2,1-3H3. The largest absolute Gasteiger partial charge is 0.315 e. The van der Waals surface area contributed by atoms with Crippen molar-refractivity contribution >= 4 is 33.1 Å². The van der Waals surface area contributed by atoms with Crippen molar-refractivity contribution in [3.8, 4) is 0 Å². The second-order valence-electron chi connectivity index (χ2n) is 3.55. The van der Waals surface area contributed by atoms with Crippen LogP contribution in [-0.4, -0.2) is 34.0 Å². The summed E-state index contributed by atoms with van der Waals surface area (Å²) in [6.45, 7) is 3.01. The van der Waals surface area contributed by atoms with E-state index in [1.54, 1.807) is 17.8 Å². The normalized spacial score (nSPS) is 11.9. The lowest BCUT2D eigenvalue weighted by atomic mass is 10.4.